The van der Waals surface area contributed by atoms with Crippen LogP contribution in [0.25, 0.3) is 11.0 Å². The van der Waals surface area contributed by atoms with E-state index < -0.39 is 11.4 Å². The number of Topliss-reactive ketones (excluding diaryl/α,β-unsaturated/α-hetero) is 1. The minimum Gasteiger partial charge on any atom is -0.454 e. The summed E-state index contributed by atoms with van der Waals surface area (Å²) in [6.07, 6.45) is 0. The van der Waals surface area contributed by atoms with Crippen LogP contribution in [0.15, 0.2) is 52.2 Å². The van der Waals surface area contributed by atoms with Gasteiger partial charge in [0.15, 0.2) is 12.4 Å². The highest BCUT2D eigenvalue weighted by Gasteiger charge is 2.23. The first kappa shape index (κ1) is 22.4. The van der Waals surface area contributed by atoms with E-state index in [1.807, 2.05) is 0 Å². The zero-order chi connectivity index (χ0) is 22.6. The normalized spacial score (nSPS) is 11.3. The number of imidazole rings is 1. The molecule has 0 fully saturated rings. The molecular weight excluding hydrogens is 418 g/mol. The number of carbonyl (C=O) groups excluding carboxylic acids is 3. The van der Waals surface area contributed by atoms with Gasteiger partial charge in [-0.3, -0.25) is 9.59 Å². The lowest BCUT2D eigenvalue weighted by atomic mass is 9.91. The van der Waals surface area contributed by atoms with Crippen LogP contribution in [0.2, 0.25) is 0 Å². The van der Waals surface area contributed by atoms with Crippen molar-refractivity contribution >= 4 is 46.1 Å². The third kappa shape index (κ3) is 5.85. The van der Waals surface area contributed by atoms with Crippen molar-refractivity contribution in [1.29, 1.82) is 0 Å². The molecule has 1 aromatic heterocycles. The van der Waals surface area contributed by atoms with Crippen LogP contribution in [0.5, 0.6) is 0 Å². The molecule has 8 nitrogen and oxygen atoms in total. The third-order valence-corrected chi connectivity index (χ3v) is 5.51. The Labute approximate surface area is 182 Å². The minimum atomic E-state index is -0.608. The molecule has 31 heavy (non-hydrogen) atoms. The van der Waals surface area contributed by atoms with Crippen LogP contribution in [-0.4, -0.2) is 40.0 Å². The van der Waals surface area contributed by atoms with Crippen molar-refractivity contribution in [2.24, 2.45) is 5.41 Å². The Morgan fingerprint density at radius 2 is 1.74 bits per heavy atom. The van der Waals surface area contributed by atoms with Gasteiger partial charge in [0.25, 0.3) is 0 Å². The number of hydrogen-bond donors (Lipinski definition) is 3. The van der Waals surface area contributed by atoms with Crippen LogP contribution < -0.4 is 11.0 Å². The molecule has 1 amide bonds. The summed E-state index contributed by atoms with van der Waals surface area (Å²) in [5.41, 5.74) is 1.17. The largest absolute Gasteiger partial charge is 0.454 e. The molecule has 0 unspecified atom stereocenters. The van der Waals surface area contributed by atoms with E-state index in [-0.39, 0.29) is 29.7 Å². The van der Waals surface area contributed by atoms with Gasteiger partial charge in [-0.15, -0.1) is 11.8 Å². The van der Waals surface area contributed by atoms with Crippen LogP contribution in [0.1, 0.15) is 31.1 Å². The predicted molar refractivity (Wildman–Crippen MR) is 119 cm³/mol. The van der Waals surface area contributed by atoms with Gasteiger partial charge in [0.2, 0.25) is 5.91 Å². The van der Waals surface area contributed by atoms with Gasteiger partial charge in [0, 0.05) is 16.0 Å². The van der Waals surface area contributed by atoms with Crippen LogP contribution in [-0.2, 0) is 14.3 Å². The van der Waals surface area contributed by atoms with Gasteiger partial charge in [-0.05, 0) is 30.3 Å². The standard InChI is InChI=1S/C22H23N3O5S/c1-22(2,3)18(26)11-30-20(28)14-6-4-5-7-17(14)31-12-19(27)23-13-8-9-15-16(10-13)25-21(29)24-15/h4-10H,11-12H2,1-3H3,(H,23,27)(H2,24,25,29). The van der Waals surface area contributed by atoms with E-state index in [0.29, 0.717) is 27.2 Å². The monoisotopic (exact) mass is 441 g/mol. The Kier molecular flexibility index (Phi) is 6.65. The highest BCUT2D eigenvalue weighted by molar-refractivity contribution is 8.00. The molecule has 0 radical (unpaired) electrons. The number of fused-ring (bicyclic) bond motifs is 1. The number of ketones is 1. The summed E-state index contributed by atoms with van der Waals surface area (Å²) in [5, 5.41) is 2.76. The molecule has 3 N–H and O–H groups in total. The molecule has 3 rings (SSSR count). The highest BCUT2D eigenvalue weighted by atomic mass is 32.2. The number of thioether (sulfide) groups is 1. The van der Waals surface area contributed by atoms with E-state index in [4.69, 9.17) is 4.74 Å². The molecule has 162 valence electrons. The number of nitrogens with one attached hydrogen (secondary N) is 3. The zero-order valence-corrected chi connectivity index (χ0v) is 18.2. The maximum Gasteiger partial charge on any atom is 0.339 e. The third-order valence-electron chi connectivity index (χ3n) is 4.44. The second-order valence-corrected chi connectivity index (χ2v) is 8.94. The summed E-state index contributed by atoms with van der Waals surface area (Å²) in [6.45, 7) is 4.98. The fourth-order valence-corrected chi connectivity index (χ4v) is 3.48. The van der Waals surface area contributed by atoms with Gasteiger partial charge >= 0.3 is 11.7 Å². The summed E-state index contributed by atoms with van der Waals surface area (Å²) >= 11 is 1.19. The van der Waals surface area contributed by atoms with E-state index >= 15 is 0 Å². The molecule has 2 aromatic carbocycles. The predicted octanol–water partition coefficient (Wildman–Crippen LogP) is 3.36. The Morgan fingerprint density at radius 1 is 1.03 bits per heavy atom. The van der Waals surface area contributed by atoms with Gasteiger partial charge < -0.3 is 20.0 Å². The van der Waals surface area contributed by atoms with Crippen molar-refractivity contribution in [2.75, 3.05) is 17.7 Å². The second kappa shape index (κ2) is 9.22. The van der Waals surface area contributed by atoms with Crippen LogP contribution in [0, 0.1) is 5.41 Å². The Morgan fingerprint density at radius 3 is 2.48 bits per heavy atom. The average Bonchev–Trinajstić information content (AvgIpc) is 3.09. The summed E-state index contributed by atoms with van der Waals surface area (Å²) in [5.74, 6) is -0.991. The number of esters is 1. The lowest BCUT2D eigenvalue weighted by Crippen LogP contribution is -2.26. The maximum absolute atomic E-state index is 12.4. The fourth-order valence-electron chi connectivity index (χ4n) is 2.64. The Balaban J connectivity index is 1.60. The number of ether oxygens (including phenoxy) is 1. The molecule has 0 spiro atoms. The van der Waals surface area contributed by atoms with Gasteiger partial charge in [-0.1, -0.05) is 32.9 Å². The quantitative estimate of drug-likeness (QED) is 0.382. The molecule has 0 bridgehead atoms. The van der Waals surface area contributed by atoms with Crippen molar-refractivity contribution < 1.29 is 19.1 Å². The number of anilines is 1. The van der Waals surface area contributed by atoms with Crippen LogP contribution in [0.4, 0.5) is 5.69 Å². The number of carbonyl (C=O) groups is 3. The summed E-state index contributed by atoms with van der Waals surface area (Å²) in [7, 11) is 0. The number of aromatic nitrogens is 2. The minimum absolute atomic E-state index is 0.0624. The van der Waals surface area contributed by atoms with Crippen molar-refractivity contribution in [3.63, 3.8) is 0 Å². The van der Waals surface area contributed by atoms with Crippen molar-refractivity contribution in [3.05, 3.63) is 58.5 Å². The van der Waals surface area contributed by atoms with Crippen molar-refractivity contribution in [2.45, 2.75) is 25.7 Å². The maximum atomic E-state index is 12.4. The Hall–Kier alpha value is -3.33. The average molecular weight is 442 g/mol. The SMILES string of the molecule is CC(C)(C)C(=O)COC(=O)c1ccccc1SCC(=O)Nc1ccc2[nH]c(=O)[nH]c2c1. The molecule has 0 aliphatic carbocycles. The van der Waals surface area contributed by atoms with Gasteiger partial charge in [0.05, 0.1) is 22.3 Å². The first-order chi connectivity index (χ1) is 14.6. The number of amides is 1. The van der Waals surface area contributed by atoms with E-state index in [2.05, 4.69) is 15.3 Å². The lowest BCUT2D eigenvalue weighted by molar-refractivity contribution is -0.129. The van der Waals surface area contributed by atoms with E-state index in [0.717, 1.165) is 0 Å². The van der Waals surface area contributed by atoms with E-state index in [1.54, 1.807) is 63.2 Å². The first-order valence-electron chi connectivity index (χ1n) is 9.57. The molecule has 0 saturated heterocycles. The van der Waals surface area contributed by atoms with Crippen molar-refractivity contribution in [1.82, 2.24) is 9.97 Å². The smallest absolute Gasteiger partial charge is 0.339 e. The van der Waals surface area contributed by atoms with Gasteiger partial charge in [0.1, 0.15) is 0 Å². The van der Waals surface area contributed by atoms with Crippen molar-refractivity contribution in [3.8, 4) is 0 Å². The molecule has 0 aliphatic heterocycles. The number of rotatable bonds is 7. The Bertz CT molecular complexity index is 1190. The van der Waals surface area contributed by atoms with E-state index in [9.17, 15) is 19.2 Å². The number of benzene rings is 2. The number of aromatic amines is 2. The first-order valence-corrected chi connectivity index (χ1v) is 10.6. The zero-order valence-electron chi connectivity index (χ0n) is 17.4. The molecule has 0 atom stereocenters. The number of hydrogen-bond acceptors (Lipinski definition) is 6. The molecule has 9 heteroatoms. The summed E-state index contributed by atoms with van der Waals surface area (Å²) in [4.78, 5) is 54.0. The molecular formula is C22H23N3O5S. The fraction of sp³-hybridized carbons (Fsp3) is 0.273. The van der Waals surface area contributed by atoms with Gasteiger partial charge in [-0.25, -0.2) is 9.59 Å². The summed E-state index contributed by atoms with van der Waals surface area (Å²) < 4.78 is 5.17. The van der Waals surface area contributed by atoms with Gasteiger partial charge in [-0.2, -0.15) is 0 Å². The second-order valence-electron chi connectivity index (χ2n) is 7.92. The molecule has 0 aliphatic rings. The number of H-pyrrole nitrogens is 2. The van der Waals surface area contributed by atoms with Crippen LogP contribution >= 0.6 is 11.8 Å². The molecule has 0 saturated carbocycles. The van der Waals surface area contributed by atoms with Crippen LogP contribution in [0.3, 0.4) is 0 Å². The lowest BCUT2D eigenvalue weighted by Gasteiger charge is -2.16. The molecule has 3 aromatic rings. The highest BCUT2D eigenvalue weighted by Crippen LogP contribution is 2.24. The molecule has 1 heterocycles. The topological polar surface area (TPSA) is 121 Å². The summed E-state index contributed by atoms with van der Waals surface area (Å²) in [6, 6.07) is 11.8. The van der Waals surface area contributed by atoms with E-state index in [1.165, 1.54) is 11.8 Å².